The summed E-state index contributed by atoms with van der Waals surface area (Å²) in [5.74, 6) is -1.08. The van der Waals surface area contributed by atoms with Crippen LogP contribution in [0.15, 0.2) is 42.5 Å². The lowest BCUT2D eigenvalue weighted by molar-refractivity contribution is -0.138. The normalized spacial score (nSPS) is 13.5. The summed E-state index contributed by atoms with van der Waals surface area (Å²) < 4.78 is 62.4. The number of phenols is 1. The molecule has 0 saturated carbocycles. The first kappa shape index (κ1) is 20.3. The Balaban J connectivity index is 2.52. The van der Waals surface area contributed by atoms with Gasteiger partial charge in [0.05, 0.1) is 5.56 Å². The van der Waals surface area contributed by atoms with E-state index < -0.39 is 25.1 Å². The molecule has 0 aliphatic heterocycles. The molecule has 0 heterocycles. The van der Waals surface area contributed by atoms with Gasteiger partial charge < -0.3 is 19.5 Å². The van der Waals surface area contributed by atoms with E-state index in [2.05, 4.69) is 5.32 Å². The van der Waals surface area contributed by atoms with Crippen LogP contribution in [-0.2, 0) is 19.8 Å². The van der Waals surface area contributed by atoms with E-state index in [1.807, 2.05) is 0 Å². The van der Waals surface area contributed by atoms with Gasteiger partial charge in [-0.05, 0) is 42.3 Å². The van der Waals surface area contributed by atoms with Gasteiger partial charge in [0.1, 0.15) is 5.75 Å². The Labute approximate surface area is 149 Å². The molecule has 0 radical (unpaired) electrons. The van der Waals surface area contributed by atoms with Gasteiger partial charge in [-0.15, -0.1) is 0 Å². The van der Waals surface area contributed by atoms with Crippen LogP contribution in [0.4, 0.5) is 18.9 Å². The Morgan fingerprint density at radius 3 is 2.15 bits per heavy atom. The highest BCUT2D eigenvalue weighted by Gasteiger charge is 2.37. The second-order valence-electron chi connectivity index (χ2n) is 5.52. The van der Waals surface area contributed by atoms with Crippen molar-refractivity contribution in [2.24, 2.45) is 0 Å². The third-order valence-corrected chi connectivity index (χ3v) is 6.04. The molecule has 0 saturated heterocycles. The molecule has 9 heteroatoms. The third kappa shape index (κ3) is 4.20. The maximum atomic E-state index is 13.1. The summed E-state index contributed by atoms with van der Waals surface area (Å²) in [4.78, 5) is 0. The third-order valence-electron chi connectivity index (χ3n) is 3.97. The molecule has 0 fully saturated rings. The number of alkyl halides is 3. The van der Waals surface area contributed by atoms with Gasteiger partial charge in [0.25, 0.3) is 0 Å². The second kappa shape index (κ2) is 7.70. The molecule has 1 unspecified atom stereocenters. The van der Waals surface area contributed by atoms with Gasteiger partial charge in [-0.1, -0.05) is 18.2 Å². The van der Waals surface area contributed by atoms with Crippen molar-refractivity contribution in [1.29, 1.82) is 0 Å². The number of benzene rings is 2. The summed E-state index contributed by atoms with van der Waals surface area (Å²) >= 11 is 0. The van der Waals surface area contributed by atoms with Crippen LogP contribution in [-0.4, -0.2) is 19.3 Å². The van der Waals surface area contributed by atoms with Gasteiger partial charge in [0, 0.05) is 19.9 Å². The van der Waals surface area contributed by atoms with Gasteiger partial charge in [-0.25, -0.2) is 0 Å². The molecule has 142 valence electrons. The van der Waals surface area contributed by atoms with Crippen LogP contribution in [0.5, 0.6) is 5.75 Å². The van der Waals surface area contributed by atoms with Crippen LogP contribution in [0.3, 0.4) is 0 Å². The standard InChI is InChI=1S/C17H19F3NO4P/c1-11-14(17(18,19)20)5-4-6-15(11)21-16(26(23,24-2)25-3)12-7-9-13(22)10-8-12/h4-10,16,21-22H,1-3H3. The molecule has 2 N–H and O–H groups in total. The molecule has 2 rings (SSSR count). The first-order valence-corrected chi connectivity index (χ1v) is 9.17. The Morgan fingerprint density at radius 1 is 1.08 bits per heavy atom. The fourth-order valence-corrected chi connectivity index (χ4v) is 3.94. The van der Waals surface area contributed by atoms with E-state index >= 15 is 0 Å². The molecule has 0 aliphatic carbocycles. The molecule has 1 atom stereocenters. The van der Waals surface area contributed by atoms with E-state index in [4.69, 9.17) is 9.05 Å². The van der Waals surface area contributed by atoms with E-state index in [1.165, 1.54) is 57.5 Å². The molecule has 0 bridgehead atoms. The lowest BCUT2D eigenvalue weighted by atomic mass is 10.1. The smallest absolute Gasteiger partial charge is 0.416 e. The Bertz CT molecular complexity index is 801. The summed E-state index contributed by atoms with van der Waals surface area (Å²) in [6, 6.07) is 9.41. The van der Waals surface area contributed by atoms with E-state index in [0.29, 0.717) is 5.56 Å². The minimum atomic E-state index is -4.51. The highest BCUT2D eigenvalue weighted by atomic mass is 31.2. The van der Waals surface area contributed by atoms with Crippen LogP contribution < -0.4 is 5.32 Å². The number of halogens is 3. The van der Waals surface area contributed by atoms with E-state index in [0.717, 1.165) is 6.07 Å². The fourth-order valence-electron chi connectivity index (χ4n) is 2.53. The minimum absolute atomic E-state index is 0.00702. The Hall–Kier alpha value is -2.02. The number of nitrogens with one attached hydrogen (secondary N) is 1. The zero-order valence-corrected chi connectivity index (χ0v) is 15.3. The van der Waals surface area contributed by atoms with Crippen molar-refractivity contribution in [3.05, 3.63) is 59.2 Å². The van der Waals surface area contributed by atoms with Crippen molar-refractivity contribution in [3.8, 4) is 5.75 Å². The summed E-state index contributed by atoms with van der Waals surface area (Å²) in [6.07, 6.45) is -4.51. The minimum Gasteiger partial charge on any atom is -0.508 e. The maximum Gasteiger partial charge on any atom is 0.416 e. The summed E-state index contributed by atoms with van der Waals surface area (Å²) in [5, 5.41) is 12.3. The SMILES string of the molecule is COP(=O)(OC)C(Nc1cccc(C(F)(F)F)c1C)c1ccc(O)cc1. The van der Waals surface area contributed by atoms with Crippen LogP contribution >= 0.6 is 7.60 Å². The fraction of sp³-hybridized carbons (Fsp3) is 0.294. The molecule has 26 heavy (non-hydrogen) atoms. The number of aromatic hydroxyl groups is 1. The van der Waals surface area contributed by atoms with Crippen molar-refractivity contribution in [2.75, 3.05) is 19.5 Å². The van der Waals surface area contributed by atoms with Crippen LogP contribution in [0, 0.1) is 6.92 Å². The van der Waals surface area contributed by atoms with Gasteiger partial charge in [0.15, 0.2) is 5.78 Å². The average Bonchev–Trinajstić information content (AvgIpc) is 2.60. The molecule has 5 nitrogen and oxygen atoms in total. The first-order valence-electron chi connectivity index (χ1n) is 7.56. The quantitative estimate of drug-likeness (QED) is 0.655. The van der Waals surface area contributed by atoms with Crippen molar-refractivity contribution in [2.45, 2.75) is 18.9 Å². The van der Waals surface area contributed by atoms with Gasteiger partial charge in [-0.3, -0.25) is 4.57 Å². The molecule has 0 aromatic heterocycles. The predicted molar refractivity (Wildman–Crippen MR) is 92.3 cm³/mol. The zero-order valence-electron chi connectivity index (χ0n) is 14.4. The molecule has 2 aromatic rings. The monoisotopic (exact) mass is 389 g/mol. The van der Waals surface area contributed by atoms with E-state index in [1.54, 1.807) is 0 Å². The van der Waals surface area contributed by atoms with E-state index in [-0.39, 0.29) is 17.0 Å². The van der Waals surface area contributed by atoms with Gasteiger partial charge in [0.2, 0.25) is 0 Å². The number of rotatable bonds is 6. The lowest BCUT2D eigenvalue weighted by Gasteiger charge is -2.27. The zero-order chi connectivity index (χ0) is 19.5. The molecule has 2 aromatic carbocycles. The largest absolute Gasteiger partial charge is 0.508 e. The van der Waals surface area contributed by atoms with Crippen LogP contribution in [0.1, 0.15) is 22.5 Å². The Morgan fingerprint density at radius 2 is 1.65 bits per heavy atom. The van der Waals surface area contributed by atoms with Crippen LogP contribution in [0.25, 0.3) is 0 Å². The van der Waals surface area contributed by atoms with Gasteiger partial charge in [-0.2, -0.15) is 13.2 Å². The number of hydrogen-bond acceptors (Lipinski definition) is 5. The topological polar surface area (TPSA) is 67.8 Å². The summed E-state index contributed by atoms with van der Waals surface area (Å²) in [5.41, 5.74) is -0.266. The summed E-state index contributed by atoms with van der Waals surface area (Å²) in [6.45, 7) is 1.32. The lowest BCUT2D eigenvalue weighted by Crippen LogP contribution is -2.16. The van der Waals surface area contributed by atoms with Gasteiger partial charge >= 0.3 is 13.8 Å². The van der Waals surface area contributed by atoms with Crippen molar-refractivity contribution < 1.29 is 31.9 Å². The summed E-state index contributed by atoms with van der Waals surface area (Å²) in [7, 11) is -1.36. The molecular weight excluding hydrogens is 370 g/mol. The number of anilines is 1. The van der Waals surface area contributed by atoms with Crippen molar-refractivity contribution in [1.82, 2.24) is 0 Å². The highest BCUT2D eigenvalue weighted by molar-refractivity contribution is 7.54. The number of hydrogen-bond donors (Lipinski definition) is 2. The number of phenolic OH excluding ortho intramolecular Hbond substituents is 1. The average molecular weight is 389 g/mol. The van der Waals surface area contributed by atoms with E-state index in [9.17, 15) is 22.8 Å². The predicted octanol–water partition coefficient (Wildman–Crippen LogP) is 5.32. The Kier molecular flexibility index (Phi) is 6.01. The molecule has 0 spiro atoms. The molecule has 0 amide bonds. The highest BCUT2D eigenvalue weighted by Crippen LogP contribution is 2.60. The van der Waals surface area contributed by atoms with Crippen molar-refractivity contribution in [3.63, 3.8) is 0 Å². The molecular formula is C17H19F3NO4P. The van der Waals surface area contributed by atoms with Crippen LogP contribution in [0.2, 0.25) is 0 Å². The maximum absolute atomic E-state index is 13.1. The van der Waals surface area contributed by atoms with Crippen molar-refractivity contribution >= 4 is 13.3 Å². The first-order chi connectivity index (χ1) is 12.1. The second-order valence-corrected chi connectivity index (χ2v) is 7.85. The molecule has 0 aliphatic rings.